The van der Waals surface area contributed by atoms with Gasteiger partial charge in [0.2, 0.25) is 0 Å². The smallest absolute Gasteiger partial charge is 0.338 e. The summed E-state index contributed by atoms with van der Waals surface area (Å²) in [6.07, 6.45) is 0.533. The predicted molar refractivity (Wildman–Crippen MR) is 100 cm³/mol. The molecule has 1 aliphatic rings. The molecule has 0 aliphatic carbocycles. The second kappa shape index (κ2) is 9.29. The number of rotatable bonds is 9. The molecule has 0 atom stereocenters. The number of nitrogens with zero attached hydrogens (tertiary/aromatic N) is 1. The molecule has 8 heteroatoms. The van der Waals surface area contributed by atoms with E-state index in [2.05, 4.69) is 0 Å². The first-order valence-electron chi connectivity index (χ1n) is 9.06. The zero-order valence-corrected chi connectivity index (χ0v) is 15.9. The fourth-order valence-electron chi connectivity index (χ4n) is 2.90. The Morgan fingerprint density at radius 1 is 0.966 bits per heavy atom. The van der Waals surface area contributed by atoms with Gasteiger partial charge in [0, 0.05) is 20.3 Å². The van der Waals surface area contributed by atoms with Crippen LogP contribution in [0, 0.1) is 5.82 Å². The Morgan fingerprint density at radius 2 is 1.69 bits per heavy atom. The first-order chi connectivity index (χ1) is 14.0. The van der Waals surface area contributed by atoms with Gasteiger partial charge in [0.15, 0.2) is 0 Å². The van der Waals surface area contributed by atoms with Crippen molar-refractivity contribution in [2.45, 2.75) is 6.42 Å². The number of amides is 2. The van der Waals surface area contributed by atoms with Crippen LogP contribution >= 0.6 is 0 Å². The molecule has 3 rings (SSSR count). The van der Waals surface area contributed by atoms with Crippen molar-refractivity contribution < 1.29 is 33.0 Å². The van der Waals surface area contributed by atoms with Crippen LogP contribution in [-0.4, -0.2) is 56.2 Å². The van der Waals surface area contributed by atoms with Gasteiger partial charge in [0.05, 0.1) is 16.7 Å². The molecule has 0 fully saturated rings. The van der Waals surface area contributed by atoms with E-state index < -0.39 is 11.9 Å². The minimum atomic E-state index is -0.631. The monoisotopic (exact) mass is 401 g/mol. The minimum Gasteiger partial charge on any atom is -0.490 e. The van der Waals surface area contributed by atoms with Crippen molar-refractivity contribution in [3.8, 4) is 5.75 Å². The second-order valence-corrected chi connectivity index (χ2v) is 6.31. The van der Waals surface area contributed by atoms with Gasteiger partial charge in [0.1, 0.15) is 24.8 Å². The lowest BCUT2D eigenvalue weighted by atomic mass is 10.1. The Kier molecular flexibility index (Phi) is 6.56. The van der Waals surface area contributed by atoms with Crippen LogP contribution in [0.2, 0.25) is 0 Å². The summed E-state index contributed by atoms with van der Waals surface area (Å²) in [6.45, 7) is 0.752. The van der Waals surface area contributed by atoms with Gasteiger partial charge in [0.25, 0.3) is 11.8 Å². The maximum absolute atomic E-state index is 12.8. The van der Waals surface area contributed by atoms with E-state index in [1.807, 2.05) is 0 Å². The summed E-state index contributed by atoms with van der Waals surface area (Å²) in [7, 11) is 1.55. The van der Waals surface area contributed by atoms with Gasteiger partial charge in [-0.2, -0.15) is 0 Å². The van der Waals surface area contributed by atoms with Gasteiger partial charge < -0.3 is 14.2 Å². The third-order valence-corrected chi connectivity index (χ3v) is 4.34. The highest BCUT2D eigenvalue weighted by atomic mass is 19.1. The Morgan fingerprint density at radius 3 is 2.41 bits per heavy atom. The number of fused-ring (bicyclic) bond motifs is 1. The van der Waals surface area contributed by atoms with Crippen molar-refractivity contribution >= 4 is 17.8 Å². The van der Waals surface area contributed by atoms with Gasteiger partial charge in [-0.05, 0) is 48.9 Å². The van der Waals surface area contributed by atoms with Crippen LogP contribution in [0.3, 0.4) is 0 Å². The van der Waals surface area contributed by atoms with Crippen molar-refractivity contribution in [1.29, 1.82) is 0 Å². The van der Waals surface area contributed by atoms with Crippen LogP contribution in [0.15, 0.2) is 42.5 Å². The van der Waals surface area contributed by atoms with Crippen molar-refractivity contribution in [2.24, 2.45) is 0 Å². The van der Waals surface area contributed by atoms with E-state index in [9.17, 15) is 18.8 Å². The highest BCUT2D eigenvalue weighted by molar-refractivity contribution is 6.21. The van der Waals surface area contributed by atoms with Gasteiger partial charge >= 0.3 is 5.97 Å². The van der Waals surface area contributed by atoms with Crippen LogP contribution < -0.4 is 4.74 Å². The fraction of sp³-hybridized carbons (Fsp3) is 0.286. The molecule has 0 bridgehead atoms. The number of imide groups is 1. The molecule has 0 saturated carbocycles. The largest absolute Gasteiger partial charge is 0.490 e. The molecule has 0 saturated heterocycles. The third-order valence-electron chi connectivity index (χ3n) is 4.34. The number of halogens is 1. The van der Waals surface area contributed by atoms with Crippen LogP contribution in [0.5, 0.6) is 5.75 Å². The summed E-state index contributed by atoms with van der Waals surface area (Å²) < 4.78 is 28.3. The quantitative estimate of drug-likeness (QED) is 0.365. The van der Waals surface area contributed by atoms with E-state index in [1.54, 1.807) is 7.11 Å². The standard InChI is InChI=1S/C21H20FNO6/c1-27-10-2-9-23-19(24)17-8-3-14(13-18(17)20(23)25)21(26)29-12-11-28-16-6-4-15(22)5-7-16/h3-8,13H,2,9-12H2,1H3. The van der Waals surface area contributed by atoms with E-state index in [4.69, 9.17) is 14.2 Å². The van der Waals surface area contributed by atoms with Crippen molar-refractivity contribution in [3.63, 3.8) is 0 Å². The summed E-state index contributed by atoms with van der Waals surface area (Å²) in [5, 5.41) is 0. The van der Waals surface area contributed by atoms with Crippen molar-refractivity contribution in [3.05, 3.63) is 65.0 Å². The number of hydrogen-bond donors (Lipinski definition) is 0. The molecule has 0 spiro atoms. The maximum atomic E-state index is 12.8. The summed E-state index contributed by atoms with van der Waals surface area (Å²) in [4.78, 5) is 38.2. The lowest BCUT2D eigenvalue weighted by molar-refractivity contribution is 0.0450. The molecule has 152 valence electrons. The first kappa shape index (κ1) is 20.5. The molecule has 1 heterocycles. The fourth-order valence-corrected chi connectivity index (χ4v) is 2.90. The lowest BCUT2D eigenvalue weighted by Gasteiger charge is -2.12. The van der Waals surface area contributed by atoms with Gasteiger partial charge in [-0.1, -0.05) is 0 Å². The van der Waals surface area contributed by atoms with Crippen LogP contribution in [-0.2, 0) is 9.47 Å². The number of methoxy groups -OCH3 is 1. The number of carbonyl (C=O) groups excluding carboxylic acids is 3. The zero-order valence-electron chi connectivity index (χ0n) is 15.9. The lowest BCUT2D eigenvalue weighted by Crippen LogP contribution is -2.31. The Hall–Kier alpha value is -3.26. The van der Waals surface area contributed by atoms with Crippen LogP contribution in [0.25, 0.3) is 0 Å². The molecule has 2 aromatic carbocycles. The maximum Gasteiger partial charge on any atom is 0.338 e. The van der Waals surface area contributed by atoms with Crippen LogP contribution in [0.1, 0.15) is 37.5 Å². The number of carbonyl (C=O) groups is 3. The molecule has 29 heavy (non-hydrogen) atoms. The average molecular weight is 401 g/mol. The van der Waals surface area contributed by atoms with E-state index in [0.29, 0.717) is 18.8 Å². The molecule has 0 unspecified atom stereocenters. The van der Waals surface area contributed by atoms with Crippen LogP contribution in [0.4, 0.5) is 4.39 Å². The van der Waals surface area contributed by atoms with Gasteiger partial charge in [-0.3, -0.25) is 14.5 Å². The summed E-state index contributed by atoms with van der Waals surface area (Å²) in [6, 6.07) is 9.75. The molecule has 2 aromatic rings. The molecule has 0 radical (unpaired) electrons. The van der Waals surface area contributed by atoms with E-state index >= 15 is 0 Å². The van der Waals surface area contributed by atoms with E-state index in [-0.39, 0.29) is 48.2 Å². The molecule has 0 N–H and O–H groups in total. The first-order valence-corrected chi connectivity index (χ1v) is 9.06. The van der Waals surface area contributed by atoms with Crippen molar-refractivity contribution in [2.75, 3.05) is 33.5 Å². The summed E-state index contributed by atoms with van der Waals surface area (Å²) in [5.74, 6) is -1.36. The molecule has 2 amide bonds. The molecule has 1 aliphatic heterocycles. The number of esters is 1. The van der Waals surface area contributed by atoms with Crippen molar-refractivity contribution in [1.82, 2.24) is 4.90 Å². The second-order valence-electron chi connectivity index (χ2n) is 6.31. The molecular formula is C21H20FNO6. The number of ether oxygens (including phenoxy) is 3. The van der Waals surface area contributed by atoms with Gasteiger partial charge in [-0.25, -0.2) is 9.18 Å². The topological polar surface area (TPSA) is 82.1 Å². The normalized spacial score (nSPS) is 12.8. The Balaban J connectivity index is 1.55. The molecule has 0 aromatic heterocycles. The zero-order chi connectivity index (χ0) is 20.8. The third kappa shape index (κ3) is 4.78. The summed E-state index contributed by atoms with van der Waals surface area (Å²) in [5.41, 5.74) is 0.624. The highest BCUT2D eigenvalue weighted by Gasteiger charge is 2.35. The van der Waals surface area contributed by atoms with E-state index in [0.717, 1.165) is 4.90 Å². The highest BCUT2D eigenvalue weighted by Crippen LogP contribution is 2.24. The minimum absolute atomic E-state index is 0.0245. The molecule has 7 nitrogen and oxygen atoms in total. The number of hydrogen-bond acceptors (Lipinski definition) is 6. The predicted octanol–water partition coefficient (Wildman–Crippen LogP) is 2.69. The SMILES string of the molecule is COCCCN1C(=O)c2ccc(C(=O)OCCOc3ccc(F)cc3)cc2C1=O. The van der Waals surface area contributed by atoms with Gasteiger partial charge in [-0.15, -0.1) is 0 Å². The average Bonchev–Trinajstić information content (AvgIpc) is 2.97. The molecular weight excluding hydrogens is 381 g/mol. The summed E-state index contributed by atoms with van der Waals surface area (Å²) >= 11 is 0. The number of benzene rings is 2. The Labute approximate surface area is 167 Å². The Bertz CT molecular complexity index is 912. The van der Waals surface area contributed by atoms with E-state index in [1.165, 1.54) is 42.5 Å².